The Morgan fingerprint density at radius 3 is 2.83 bits per heavy atom. The van der Waals surface area contributed by atoms with E-state index in [9.17, 15) is 0 Å². The van der Waals surface area contributed by atoms with Crippen LogP contribution in [-0.2, 0) is 0 Å². The van der Waals surface area contributed by atoms with E-state index in [1.54, 1.807) is 18.3 Å². The fourth-order valence-electron chi connectivity index (χ4n) is 1.58. The molecule has 0 unspecified atom stereocenters. The first-order chi connectivity index (χ1) is 8.63. The molecular formula is C12H7BrClN3O. The number of hydrogen-bond donors (Lipinski definition) is 1. The van der Waals surface area contributed by atoms with Gasteiger partial charge >= 0.3 is 0 Å². The number of anilines is 1. The SMILES string of the molecule is Nc1cc2oc(-c3ccc(Br)cn3)nc2cc1Cl. The van der Waals surface area contributed by atoms with Gasteiger partial charge in [0.05, 0.1) is 10.7 Å². The van der Waals surface area contributed by atoms with Gasteiger partial charge in [0.25, 0.3) is 0 Å². The van der Waals surface area contributed by atoms with Crippen LogP contribution < -0.4 is 5.73 Å². The van der Waals surface area contributed by atoms with Gasteiger partial charge in [-0.2, -0.15) is 0 Å². The van der Waals surface area contributed by atoms with Crippen molar-refractivity contribution in [2.75, 3.05) is 5.73 Å². The van der Waals surface area contributed by atoms with Crippen molar-refractivity contribution in [3.63, 3.8) is 0 Å². The average Bonchev–Trinajstić information content (AvgIpc) is 2.73. The van der Waals surface area contributed by atoms with Crippen LogP contribution in [-0.4, -0.2) is 9.97 Å². The summed E-state index contributed by atoms with van der Waals surface area (Å²) in [5.74, 6) is 0.444. The zero-order valence-electron chi connectivity index (χ0n) is 9.02. The molecule has 6 heteroatoms. The standard InChI is InChI=1S/C12H7BrClN3O/c13-6-1-2-9(16-5-6)12-17-10-3-7(14)8(15)4-11(10)18-12/h1-5H,15H2. The predicted octanol–water partition coefficient (Wildman–Crippen LogP) is 3.89. The van der Waals surface area contributed by atoms with Crippen molar-refractivity contribution in [3.8, 4) is 11.6 Å². The summed E-state index contributed by atoms with van der Waals surface area (Å²) in [7, 11) is 0. The number of fused-ring (bicyclic) bond motifs is 1. The van der Waals surface area contributed by atoms with E-state index in [0.29, 0.717) is 33.4 Å². The lowest BCUT2D eigenvalue weighted by atomic mass is 10.3. The maximum Gasteiger partial charge on any atom is 0.246 e. The van der Waals surface area contributed by atoms with Crippen LogP contribution in [0, 0.1) is 0 Å². The second kappa shape index (κ2) is 4.26. The molecule has 0 spiro atoms. The number of rotatable bonds is 1. The molecule has 2 heterocycles. The Balaban J connectivity index is 2.16. The molecule has 18 heavy (non-hydrogen) atoms. The van der Waals surface area contributed by atoms with Gasteiger partial charge < -0.3 is 10.2 Å². The van der Waals surface area contributed by atoms with Gasteiger partial charge in [-0.3, -0.25) is 4.98 Å². The quantitative estimate of drug-likeness (QED) is 0.690. The highest BCUT2D eigenvalue weighted by atomic mass is 79.9. The second-order valence-corrected chi connectivity index (χ2v) is 5.04. The summed E-state index contributed by atoms with van der Waals surface area (Å²) in [4.78, 5) is 8.55. The van der Waals surface area contributed by atoms with Crippen LogP contribution in [0.25, 0.3) is 22.7 Å². The molecule has 0 saturated heterocycles. The van der Waals surface area contributed by atoms with E-state index in [4.69, 9.17) is 21.8 Å². The Morgan fingerprint density at radius 1 is 1.28 bits per heavy atom. The minimum absolute atomic E-state index is 0.444. The fourth-order valence-corrected chi connectivity index (χ4v) is 1.97. The Kier molecular flexibility index (Phi) is 2.72. The number of pyridine rings is 1. The molecule has 0 fully saturated rings. The van der Waals surface area contributed by atoms with Gasteiger partial charge in [0, 0.05) is 16.7 Å². The molecule has 0 amide bonds. The summed E-state index contributed by atoms with van der Waals surface area (Å²) in [5, 5.41) is 0.464. The predicted molar refractivity (Wildman–Crippen MR) is 74.4 cm³/mol. The van der Waals surface area contributed by atoms with Crippen LogP contribution in [0.2, 0.25) is 5.02 Å². The molecule has 0 bridgehead atoms. The normalized spacial score (nSPS) is 11.0. The number of benzene rings is 1. The van der Waals surface area contributed by atoms with E-state index in [1.165, 1.54) is 0 Å². The topological polar surface area (TPSA) is 64.9 Å². The monoisotopic (exact) mass is 323 g/mol. The molecule has 0 aliphatic heterocycles. The average molecular weight is 325 g/mol. The van der Waals surface area contributed by atoms with Gasteiger partial charge in [-0.15, -0.1) is 0 Å². The molecule has 2 N–H and O–H groups in total. The molecule has 4 nitrogen and oxygen atoms in total. The lowest BCUT2D eigenvalue weighted by Gasteiger charge is -1.94. The zero-order chi connectivity index (χ0) is 12.7. The van der Waals surface area contributed by atoms with E-state index >= 15 is 0 Å². The Hall–Kier alpha value is -1.59. The minimum Gasteiger partial charge on any atom is -0.435 e. The molecule has 2 aromatic heterocycles. The summed E-state index contributed by atoms with van der Waals surface area (Å²) < 4.78 is 6.50. The van der Waals surface area contributed by atoms with Crippen LogP contribution in [0.15, 0.2) is 39.4 Å². The van der Waals surface area contributed by atoms with Crippen molar-refractivity contribution in [1.29, 1.82) is 0 Å². The van der Waals surface area contributed by atoms with Gasteiger partial charge in [-0.05, 0) is 34.1 Å². The molecule has 0 aliphatic rings. The molecule has 1 aromatic carbocycles. The third kappa shape index (κ3) is 1.95. The summed E-state index contributed by atoms with van der Waals surface area (Å²) in [6, 6.07) is 7.03. The maximum atomic E-state index is 5.94. The highest BCUT2D eigenvalue weighted by molar-refractivity contribution is 9.10. The summed E-state index contributed by atoms with van der Waals surface area (Å²) >= 11 is 9.26. The number of halogens is 2. The summed E-state index contributed by atoms with van der Waals surface area (Å²) in [6.07, 6.45) is 1.69. The second-order valence-electron chi connectivity index (χ2n) is 3.72. The summed E-state index contributed by atoms with van der Waals surface area (Å²) in [6.45, 7) is 0. The number of hydrogen-bond acceptors (Lipinski definition) is 4. The zero-order valence-corrected chi connectivity index (χ0v) is 11.4. The first-order valence-corrected chi connectivity index (χ1v) is 6.28. The van der Waals surface area contributed by atoms with E-state index in [-0.39, 0.29) is 0 Å². The smallest absolute Gasteiger partial charge is 0.246 e. The van der Waals surface area contributed by atoms with Crippen molar-refractivity contribution < 1.29 is 4.42 Å². The summed E-state index contributed by atoms with van der Waals surface area (Å²) in [5.41, 5.74) is 8.09. The Labute approximate surface area is 116 Å². The number of nitrogens with zero attached hydrogens (tertiary/aromatic N) is 2. The van der Waals surface area contributed by atoms with Gasteiger partial charge in [-0.1, -0.05) is 11.6 Å². The maximum absolute atomic E-state index is 5.94. The first-order valence-electron chi connectivity index (χ1n) is 5.11. The molecule has 3 rings (SSSR count). The van der Waals surface area contributed by atoms with Crippen molar-refractivity contribution in [1.82, 2.24) is 9.97 Å². The molecule has 0 radical (unpaired) electrons. The number of nitrogens with two attached hydrogens (primary N) is 1. The molecule has 0 saturated carbocycles. The van der Waals surface area contributed by atoms with Crippen LogP contribution in [0.4, 0.5) is 5.69 Å². The Morgan fingerprint density at radius 2 is 2.11 bits per heavy atom. The third-order valence-electron chi connectivity index (χ3n) is 2.45. The molecule has 0 atom stereocenters. The largest absolute Gasteiger partial charge is 0.435 e. The van der Waals surface area contributed by atoms with Gasteiger partial charge in [0.2, 0.25) is 5.89 Å². The van der Waals surface area contributed by atoms with E-state index in [0.717, 1.165) is 4.47 Å². The lowest BCUT2D eigenvalue weighted by molar-refractivity contribution is 0.617. The van der Waals surface area contributed by atoms with E-state index in [2.05, 4.69) is 25.9 Å². The number of aromatic nitrogens is 2. The third-order valence-corrected chi connectivity index (χ3v) is 3.25. The van der Waals surface area contributed by atoms with E-state index in [1.807, 2.05) is 12.1 Å². The first kappa shape index (κ1) is 11.5. The van der Waals surface area contributed by atoms with Gasteiger partial charge in [0.15, 0.2) is 5.58 Å². The number of nitrogen functional groups attached to an aromatic ring is 1. The lowest BCUT2D eigenvalue weighted by Crippen LogP contribution is -1.84. The molecular weight excluding hydrogens is 318 g/mol. The van der Waals surface area contributed by atoms with E-state index < -0.39 is 0 Å². The van der Waals surface area contributed by atoms with Crippen LogP contribution in [0.1, 0.15) is 0 Å². The van der Waals surface area contributed by atoms with Crippen LogP contribution >= 0.6 is 27.5 Å². The van der Waals surface area contributed by atoms with Crippen molar-refractivity contribution in [2.45, 2.75) is 0 Å². The highest BCUT2D eigenvalue weighted by Crippen LogP contribution is 2.29. The minimum atomic E-state index is 0.444. The molecule has 0 aliphatic carbocycles. The number of oxazole rings is 1. The van der Waals surface area contributed by atoms with Crippen LogP contribution in [0.5, 0.6) is 0 Å². The van der Waals surface area contributed by atoms with Gasteiger partial charge in [-0.25, -0.2) is 4.98 Å². The van der Waals surface area contributed by atoms with Crippen molar-refractivity contribution in [3.05, 3.63) is 40.0 Å². The highest BCUT2D eigenvalue weighted by Gasteiger charge is 2.11. The van der Waals surface area contributed by atoms with Gasteiger partial charge in [0.1, 0.15) is 11.2 Å². The molecule has 90 valence electrons. The van der Waals surface area contributed by atoms with Crippen molar-refractivity contribution >= 4 is 44.3 Å². The Bertz CT molecular complexity index is 685. The van der Waals surface area contributed by atoms with Crippen molar-refractivity contribution in [2.24, 2.45) is 0 Å². The van der Waals surface area contributed by atoms with Crippen LogP contribution in [0.3, 0.4) is 0 Å². The molecule has 3 aromatic rings. The fraction of sp³-hybridized carbons (Fsp3) is 0.